The molecule has 1 saturated carbocycles. The molecule has 0 spiro atoms. The average molecular weight is 270 g/mol. The Morgan fingerprint density at radius 2 is 1.79 bits per heavy atom. The van der Waals surface area contributed by atoms with Gasteiger partial charge in [0.25, 0.3) is 0 Å². The molecular formula is C14H26N2O3. The Kier molecular flexibility index (Phi) is 6.28. The van der Waals surface area contributed by atoms with Crippen LogP contribution >= 0.6 is 0 Å². The summed E-state index contributed by atoms with van der Waals surface area (Å²) in [6.45, 7) is 6.12. The van der Waals surface area contributed by atoms with Crippen LogP contribution in [0.5, 0.6) is 0 Å². The monoisotopic (exact) mass is 270 g/mol. The van der Waals surface area contributed by atoms with Gasteiger partial charge in [0.05, 0.1) is 13.1 Å². The van der Waals surface area contributed by atoms with Crippen molar-refractivity contribution in [2.75, 3.05) is 13.1 Å². The Balaban J connectivity index is 2.37. The minimum absolute atomic E-state index is 0.0493. The van der Waals surface area contributed by atoms with Crippen molar-refractivity contribution in [3.05, 3.63) is 0 Å². The Hall–Kier alpha value is -1.10. The smallest absolute Gasteiger partial charge is 0.317 e. The number of carboxylic acids is 1. The molecular weight excluding hydrogens is 244 g/mol. The standard InChI is InChI=1S/C14H26N2O3/c1-10(2)16(9-14(18)19)8-13(17)15-12-6-4-11(3)5-7-12/h10-12H,4-9H2,1-3H3,(H,15,17)(H,18,19). The van der Waals surface area contributed by atoms with Gasteiger partial charge in [0.15, 0.2) is 0 Å². The van der Waals surface area contributed by atoms with Crippen LogP contribution in [0.4, 0.5) is 0 Å². The molecule has 5 heteroatoms. The van der Waals surface area contributed by atoms with Crippen molar-refractivity contribution < 1.29 is 14.7 Å². The second-order valence-corrected chi connectivity index (χ2v) is 5.92. The first-order valence-corrected chi connectivity index (χ1v) is 7.13. The number of rotatable bonds is 6. The van der Waals surface area contributed by atoms with E-state index in [9.17, 15) is 9.59 Å². The van der Waals surface area contributed by atoms with E-state index in [1.54, 1.807) is 4.90 Å². The summed E-state index contributed by atoms with van der Waals surface area (Å²) in [5, 5.41) is 11.8. The maximum Gasteiger partial charge on any atom is 0.317 e. The maximum absolute atomic E-state index is 11.9. The first-order valence-electron chi connectivity index (χ1n) is 7.13. The molecule has 0 aromatic rings. The summed E-state index contributed by atoms with van der Waals surface area (Å²) in [5.41, 5.74) is 0. The van der Waals surface area contributed by atoms with Crippen LogP contribution in [-0.2, 0) is 9.59 Å². The molecule has 1 rings (SSSR count). The first-order chi connectivity index (χ1) is 8.88. The lowest BCUT2D eigenvalue weighted by Crippen LogP contribution is -2.46. The molecule has 0 unspecified atom stereocenters. The molecule has 0 bridgehead atoms. The van der Waals surface area contributed by atoms with E-state index in [1.807, 2.05) is 13.8 Å². The quantitative estimate of drug-likeness (QED) is 0.767. The maximum atomic E-state index is 11.9. The van der Waals surface area contributed by atoms with Gasteiger partial charge in [-0.15, -0.1) is 0 Å². The molecule has 0 aromatic heterocycles. The Bertz CT molecular complexity index is 310. The van der Waals surface area contributed by atoms with E-state index < -0.39 is 5.97 Å². The number of nitrogens with one attached hydrogen (secondary N) is 1. The highest BCUT2D eigenvalue weighted by Gasteiger charge is 2.22. The highest BCUT2D eigenvalue weighted by atomic mass is 16.4. The molecule has 0 atom stereocenters. The van der Waals surface area contributed by atoms with Crippen molar-refractivity contribution in [3.63, 3.8) is 0 Å². The number of amides is 1. The van der Waals surface area contributed by atoms with Crippen LogP contribution in [0.3, 0.4) is 0 Å². The third-order valence-electron chi connectivity index (χ3n) is 3.80. The van der Waals surface area contributed by atoms with Crippen molar-refractivity contribution in [3.8, 4) is 0 Å². The lowest BCUT2D eigenvalue weighted by atomic mass is 9.87. The molecule has 1 aliphatic rings. The molecule has 2 N–H and O–H groups in total. The molecule has 0 saturated heterocycles. The number of carbonyl (C=O) groups is 2. The summed E-state index contributed by atoms with van der Waals surface area (Å²) >= 11 is 0. The summed E-state index contributed by atoms with van der Waals surface area (Å²) in [5.74, 6) is -0.199. The molecule has 5 nitrogen and oxygen atoms in total. The predicted octanol–water partition coefficient (Wildman–Crippen LogP) is 1.48. The number of carboxylic acid groups (broad SMARTS) is 1. The van der Waals surface area contributed by atoms with E-state index in [2.05, 4.69) is 12.2 Å². The number of hydrogen-bond acceptors (Lipinski definition) is 3. The van der Waals surface area contributed by atoms with Crippen molar-refractivity contribution in [2.24, 2.45) is 5.92 Å². The fourth-order valence-corrected chi connectivity index (χ4v) is 2.46. The summed E-state index contributed by atoms with van der Waals surface area (Å²) < 4.78 is 0. The van der Waals surface area contributed by atoms with Crippen LogP contribution in [0, 0.1) is 5.92 Å². The van der Waals surface area contributed by atoms with E-state index in [4.69, 9.17) is 5.11 Å². The molecule has 0 radical (unpaired) electrons. The number of hydrogen-bond donors (Lipinski definition) is 2. The summed E-state index contributed by atoms with van der Waals surface area (Å²) in [6, 6.07) is 0.316. The fraction of sp³-hybridized carbons (Fsp3) is 0.857. The van der Waals surface area contributed by atoms with Gasteiger partial charge in [-0.05, 0) is 45.4 Å². The van der Waals surface area contributed by atoms with E-state index in [-0.39, 0.29) is 31.1 Å². The fourth-order valence-electron chi connectivity index (χ4n) is 2.46. The SMILES string of the molecule is CC1CCC(NC(=O)CN(CC(=O)O)C(C)C)CC1. The largest absolute Gasteiger partial charge is 0.480 e. The number of carbonyl (C=O) groups excluding carboxylic acids is 1. The molecule has 0 aromatic carbocycles. The highest BCUT2D eigenvalue weighted by Crippen LogP contribution is 2.23. The molecule has 110 valence electrons. The van der Waals surface area contributed by atoms with Crippen LogP contribution in [-0.4, -0.2) is 47.1 Å². The summed E-state index contributed by atoms with van der Waals surface area (Å²) in [4.78, 5) is 24.4. The number of aliphatic carboxylic acids is 1. The van der Waals surface area contributed by atoms with Crippen molar-refractivity contribution in [1.82, 2.24) is 10.2 Å². The Morgan fingerprint density at radius 1 is 1.21 bits per heavy atom. The normalized spacial score (nSPS) is 23.6. The molecule has 0 aliphatic heterocycles. The van der Waals surface area contributed by atoms with Crippen LogP contribution in [0.2, 0.25) is 0 Å². The lowest BCUT2D eigenvalue weighted by molar-refractivity contribution is -0.139. The lowest BCUT2D eigenvalue weighted by Gasteiger charge is -2.29. The van der Waals surface area contributed by atoms with Gasteiger partial charge in [-0.1, -0.05) is 6.92 Å². The van der Waals surface area contributed by atoms with Gasteiger partial charge in [0, 0.05) is 12.1 Å². The predicted molar refractivity (Wildman–Crippen MR) is 73.9 cm³/mol. The van der Waals surface area contributed by atoms with E-state index in [0.29, 0.717) is 0 Å². The van der Waals surface area contributed by atoms with Gasteiger partial charge in [-0.3, -0.25) is 14.5 Å². The van der Waals surface area contributed by atoms with Crippen LogP contribution in [0.25, 0.3) is 0 Å². The van der Waals surface area contributed by atoms with Gasteiger partial charge < -0.3 is 10.4 Å². The summed E-state index contributed by atoms with van der Waals surface area (Å²) in [7, 11) is 0. The first kappa shape index (κ1) is 16.0. The van der Waals surface area contributed by atoms with Gasteiger partial charge in [-0.2, -0.15) is 0 Å². The Labute approximate surface area is 115 Å². The molecule has 19 heavy (non-hydrogen) atoms. The van der Waals surface area contributed by atoms with Crippen LogP contribution < -0.4 is 5.32 Å². The third-order valence-corrected chi connectivity index (χ3v) is 3.80. The van der Waals surface area contributed by atoms with Gasteiger partial charge in [-0.25, -0.2) is 0 Å². The van der Waals surface area contributed by atoms with Gasteiger partial charge in [0.2, 0.25) is 5.91 Å². The highest BCUT2D eigenvalue weighted by molar-refractivity contribution is 5.79. The van der Waals surface area contributed by atoms with Gasteiger partial charge in [0.1, 0.15) is 0 Å². The zero-order valence-electron chi connectivity index (χ0n) is 12.2. The average Bonchev–Trinajstić information content (AvgIpc) is 2.30. The minimum Gasteiger partial charge on any atom is -0.480 e. The minimum atomic E-state index is -0.895. The van der Waals surface area contributed by atoms with E-state index in [0.717, 1.165) is 31.6 Å². The van der Waals surface area contributed by atoms with E-state index >= 15 is 0 Å². The third kappa shape index (κ3) is 6.05. The summed E-state index contributed by atoms with van der Waals surface area (Å²) in [6.07, 6.45) is 4.39. The number of nitrogens with zero attached hydrogens (tertiary/aromatic N) is 1. The van der Waals surface area contributed by atoms with Crippen molar-refractivity contribution >= 4 is 11.9 Å². The van der Waals surface area contributed by atoms with Crippen LogP contribution in [0.15, 0.2) is 0 Å². The second kappa shape index (κ2) is 7.48. The van der Waals surface area contributed by atoms with Crippen molar-refractivity contribution in [2.45, 2.75) is 58.5 Å². The van der Waals surface area contributed by atoms with Crippen molar-refractivity contribution in [1.29, 1.82) is 0 Å². The topological polar surface area (TPSA) is 69.6 Å². The second-order valence-electron chi connectivity index (χ2n) is 5.92. The van der Waals surface area contributed by atoms with Gasteiger partial charge >= 0.3 is 5.97 Å². The zero-order valence-corrected chi connectivity index (χ0v) is 12.2. The molecule has 1 fully saturated rings. The van der Waals surface area contributed by atoms with Crippen LogP contribution in [0.1, 0.15) is 46.5 Å². The zero-order chi connectivity index (χ0) is 14.4. The molecule has 1 aliphatic carbocycles. The molecule has 1 amide bonds. The molecule has 0 heterocycles. The Morgan fingerprint density at radius 3 is 2.26 bits per heavy atom. The van der Waals surface area contributed by atoms with E-state index in [1.165, 1.54) is 0 Å².